The summed E-state index contributed by atoms with van der Waals surface area (Å²) in [7, 11) is 0. The molecule has 2 heteroatoms. The van der Waals surface area contributed by atoms with Crippen molar-refractivity contribution in [2.75, 3.05) is 0 Å². The molecule has 2 nitrogen and oxygen atoms in total. The van der Waals surface area contributed by atoms with Gasteiger partial charge in [-0.3, -0.25) is 0 Å². The molecule has 0 aromatic heterocycles. The van der Waals surface area contributed by atoms with Crippen molar-refractivity contribution in [2.24, 2.45) is 0 Å². The number of ether oxygens (including phenoxy) is 1. The zero-order valence-electron chi connectivity index (χ0n) is 11.9. The van der Waals surface area contributed by atoms with Gasteiger partial charge in [0.15, 0.2) is 0 Å². The van der Waals surface area contributed by atoms with Crippen LogP contribution in [0.15, 0.2) is 36.4 Å². The molecule has 0 saturated heterocycles. The highest BCUT2D eigenvalue weighted by molar-refractivity contribution is 5.46. The number of aryl methyl sites for hydroxylation is 2. The van der Waals surface area contributed by atoms with Gasteiger partial charge in [-0.15, -0.1) is 0 Å². The fourth-order valence-electron chi connectivity index (χ4n) is 2.14. The molecule has 1 N–H and O–H groups in total. The van der Waals surface area contributed by atoms with E-state index >= 15 is 0 Å². The molecule has 2 aromatic carbocycles. The normalized spacial score (nSPS) is 12.3. The number of hydrogen-bond acceptors (Lipinski definition) is 2. The van der Waals surface area contributed by atoms with Crippen LogP contribution in [0, 0.1) is 20.8 Å². The molecule has 0 aliphatic rings. The lowest BCUT2D eigenvalue weighted by molar-refractivity contribution is 0.195. The van der Waals surface area contributed by atoms with Crippen LogP contribution in [0.25, 0.3) is 0 Å². The summed E-state index contributed by atoms with van der Waals surface area (Å²) in [5, 5.41) is 9.78. The number of benzene rings is 2. The second kappa shape index (κ2) is 5.45. The predicted octanol–water partition coefficient (Wildman–Crippen LogP) is 4.46. The van der Waals surface area contributed by atoms with Crippen molar-refractivity contribution >= 4 is 0 Å². The van der Waals surface area contributed by atoms with Gasteiger partial charge in [-0.2, -0.15) is 0 Å². The summed E-state index contributed by atoms with van der Waals surface area (Å²) in [6.07, 6.45) is -0.539. The summed E-state index contributed by atoms with van der Waals surface area (Å²) in [6.45, 7) is 7.93. The Hall–Kier alpha value is -1.80. The van der Waals surface area contributed by atoms with Crippen molar-refractivity contribution in [1.82, 2.24) is 0 Å². The Bertz CT molecular complexity index is 586. The van der Waals surface area contributed by atoms with E-state index in [0.29, 0.717) is 5.75 Å². The van der Waals surface area contributed by atoms with Gasteiger partial charge in [-0.25, -0.2) is 0 Å². The van der Waals surface area contributed by atoms with Crippen molar-refractivity contribution < 1.29 is 9.84 Å². The van der Waals surface area contributed by atoms with Gasteiger partial charge in [0, 0.05) is 5.56 Å². The van der Waals surface area contributed by atoms with Crippen LogP contribution >= 0.6 is 0 Å². The monoisotopic (exact) mass is 256 g/mol. The molecule has 100 valence electrons. The van der Waals surface area contributed by atoms with E-state index in [0.717, 1.165) is 16.9 Å². The smallest absolute Gasteiger partial charge is 0.133 e. The first-order valence-electron chi connectivity index (χ1n) is 6.51. The minimum Gasteiger partial charge on any atom is -0.457 e. The predicted molar refractivity (Wildman–Crippen MR) is 77.8 cm³/mol. The molecular weight excluding hydrogens is 236 g/mol. The zero-order valence-corrected chi connectivity index (χ0v) is 11.9. The Labute approximate surface area is 114 Å². The quantitative estimate of drug-likeness (QED) is 0.878. The average Bonchev–Trinajstić information content (AvgIpc) is 2.35. The van der Waals surface area contributed by atoms with Gasteiger partial charge >= 0.3 is 0 Å². The van der Waals surface area contributed by atoms with Crippen molar-refractivity contribution in [3.8, 4) is 11.5 Å². The van der Waals surface area contributed by atoms with Crippen molar-refractivity contribution in [3.05, 3.63) is 58.7 Å². The SMILES string of the molecule is Cc1cc(C)c(C)c(Oc2ccccc2[C@H](C)O)c1. The fraction of sp³-hybridized carbons (Fsp3) is 0.294. The number of rotatable bonds is 3. The Balaban J connectivity index is 2.42. The summed E-state index contributed by atoms with van der Waals surface area (Å²) in [6, 6.07) is 11.8. The summed E-state index contributed by atoms with van der Waals surface area (Å²) in [5.41, 5.74) is 4.32. The molecule has 2 aromatic rings. The first-order chi connectivity index (χ1) is 8.99. The Morgan fingerprint density at radius 1 is 1.00 bits per heavy atom. The lowest BCUT2D eigenvalue weighted by atomic mass is 10.1. The topological polar surface area (TPSA) is 29.5 Å². The maximum Gasteiger partial charge on any atom is 0.133 e. The molecule has 0 radical (unpaired) electrons. The van der Waals surface area contributed by atoms with Crippen LogP contribution in [0.4, 0.5) is 0 Å². The number of aliphatic hydroxyl groups is 1. The highest BCUT2D eigenvalue weighted by Gasteiger charge is 2.11. The summed E-state index contributed by atoms with van der Waals surface area (Å²) < 4.78 is 6.00. The molecule has 0 aliphatic carbocycles. The van der Waals surface area contributed by atoms with Crippen LogP contribution in [0.1, 0.15) is 35.3 Å². The van der Waals surface area contributed by atoms with Crippen LogP contribution in [0.2, 0.25) is 0 Å². The van der Waals surface area contributed by atoms with Crippen LogP contribution in [-0.2, 0) is 0 Å². The van der Waals surface area contributed by atoms with E-state index in [2.05, 4.69) is 26.8 Å². The van der Waals surface area contributed by atoms with Crippen LogP contribution in [-0.4, -0.2) is 5.11 Å². The molecule has 0 amide bonds. The minimum absolute atomic E-state index is 0.539. The Morgan fingerprint density at radius 3 is 2.37 bits per heavy atom. The first-order valence-corrected chi connectivity index (χ1v) is 6.51. The van der Waals surface area contributed by atoms with Crippen LogP contribution in [0.3, 0.4) is 0 Å². The average molecular weight is 256 g/mol. The number of aliphatic hydroxyl groups excluding tert-OH is 1. The second-order valence-electron chi connectivity index (χ2n) is 5.02. The third kappa shape index (κ3) is 2.96. The highest BCUT2D eigenvalue weighted by Crippen LogP contribution is 2.32. The molecule has 0 heterocycles. The minimum atomic E-state index is -0.539. The van der Waals surface area contributed by atoms with Gasteiger partial charge in [-0.05, 0) is 56.5 Å². The van der Waals surface area contributed by atoms with E-state index < -0.39 is 6.10 Å². The molecule has 0 unspecified atom stereocenters. The molecule has 0 fully saturated rings. The molecule has 0 aliphatic heterocycles. The van der Waals surface area contributed by atoms with Gasteiger partial charge in [-0.1, -0.05) is 24.3 Å². The highest BCUT2D eigenvalue weighted by atomic mass is 16.5. The van der Waals surface area contributed by atoms with Gasteiger partial charge in [0.2, 0.25) is 0 Å². The zero-order chi connectivity index (χ0) is 14.0. The largest absolute Gasteiger partial charge is 0.457 e. The van der Waals surface area contributed by atoms with Gasteiger partial charge in [0.25, 0.3) is 0 Å². The van der Waals surface area contributed by atoms with E-state index in [1.807, 2.05) is 30.3 Å². The number of para-hydroxylation sites is 1. The molecule has 2 rings (SSSR count). The van der Waals surface area contributed by atoms with E-state index in [-0.39, 0.29) is 0 Å². The van der Waals surface area contributed by atoms with E-state index in [9.17, 15) is 5.11 Å². The van der Waals surface area contributed by atoms with E-state index in [4.69, 9.17) is 4.74 Å². The van der Waals surface area contributed by atoms with Crippen LogP contribution < -0.4 is 4.74 Å². The van der Waals surface area contributed by atoms with Crippen molar-refractivity contribution in [1.29, 1.82) is 0 Å². The first kappa shape index (κ1) is 13.6. The Kier molecular flexibility index (Phi) is 3.91. The molecule has 0 bridgehead atoms. The molecule has 0 saturated carbocycles. The van der Waals surface area contributed by atoms with Gasteiger partial charge < -0.3 is 9.84 Å². The lowest BCUT2D eigenvalue weighted by Gasteiger charge is -2.16. The maximum atomic E-state index is 9.78. The summed E-state index contributed by atoms with van der Waals surface area (Å²) in [5.74, 6) is 1.57. The second-order valence-corrected chi connectivity index (χ2v) is 5.02. The van der Waals surface area contributed by atoms with Crippen LogP contribution in [0.5, 0.6) is 11.5 Å². The molecule has 0 spiro atoms. The summed E-state index contributed by atoms with van der Waals surface area (Å²) >= 11 is 0. The third-order valence-corrected chi connectivity index (χ3v) is 3.35. The Morgan fingerprint density at radius 2 is 1.68 bits per heavy atom. The third-order valence-electron chi connectivity index (χ3n) is 3.35. The maximum absolute atomic E-state index is 9.78. The van der Waals surface area contributed by atoms with Crippen molar-refractivity contribution in [3.63, 3.8) is 0 Å². The van der Waals surface area contributed by atoms with Gasteiger partial charge in [0.1, 0.15) is 11.5 Å². The number of hydrogen-bond donors (Lipinski definition) is 1. The molecular formula is C17H20O2. The standard InChI is InChI=1S/C17H20O2/c1-11-9-12(2)13(3)17(10-11)19-16-8-6-5-7-15(16)14(4)18/h5-10,14,18H,1-4H3/t14-/m0/s1. The van der Waals surface area contributed by atoms with Gasteiger partial charge in [0.05, 0.1) is 6.10 Å². The van der Waals surface area contributed by atoms with Crippen molar-refractivity contribution in [2.45, 2.75) is 33.8 Å². The summed E-state index contributed by atoms with van der Waals surface area (Å²) in [4.78, 5) is 0. The van der Waals surface area contributed by atoms with E-state index in [1.165, 1.54) is 11.1 Å². The molecule has 19 heavy (non-hydrogen) atoms. The lowest BCUT2D eigenvalue weighted by Crippen LogP contribution is -1.97. The van der Waals surface area contributed by atoms with E-state index in [1.54, 1.807) is 6.92 Å². The molecule has 1 atom stereocenters. The fourth-order valence-corrected chi connectivity index (χ4v) is 2.14.